The van der Waals surface area contributed by atoms with Crippen LogP contribution >= 0.6 is 11.8 Å². The van der Waals surface area contributed by atoms with Crippen LogP contribution < -0.4 is 5.32 Å². The van der Waals surface area contributed by atoms with Crippen molar-refractivity contribution in [2.75, 3.05) is 18.1 Å². The number of nitro benzene ring substituents is 1. The molecule has 1 N–H and O–H groups in total. The molecule has 1 aliphatic rings. The molecule has 0 unspecified atom stereocenters. The molecular formula is C11H12F2N2O2S. The standard InChI is InChI=1S/C11H12F2N2O2S/c1-18-11(2-3-11)6-14-10-8(12)4-7(15(16)17)5-9(10)13/h4-5,14H,2-3,6H2,1H3. The van der Waals surface area contributed by atoms with Gasteiger partial charge in [-0.25, -0.2) is 8.78 Å². The normalized spacial score (nSPS) is 16.4. The Hall–Kier alpha value is -1.37. The predicted octanol–water partition coefficient (Wildman–Crippen LogP) is 3.18. The quantitative estimate of drug-likeness (QED) is 0.662. The average molecular weight is 274 g/mol. The highest BCUT2D eigenvalue weighted by Crippen LogP contribution is 2.47. The summed E-state index contributed by atoms with van der Waals surface area (Å²) in [7, 11) is 0. The molecule has 0 radical (unpaired) electrons. The van der Waals surface area contributed by atoms with Crippen LogP contribution in [-0.4, -0.2) is 22.5 Å². The van der Waals surface area contributed by atoms with Gasteiger partial charge in [-0.2, -0.15) is 11.8 Å². The Bertz CT molecular complexity index is 469. The molecule has 4 nitrogen and oxygen atoms in total. The lowest BCUT2D eigenvalue weighted by atomic mass is 10.2. The SMILES string of the molecule is CSC1(CNc2c(F)cc([N+](=O)[O-])cc2F)CC1. The van der Waals surface area contributed by atoms with Crippen LogP contribution in [0.25, 0.3) is 0 Å². The summed E-state index contributed by atoms with van der Waals surface area (Å²) in [5.74, 6) is -1.86. The Labute approximate surface area is 107 Å². The highest BCUT2D eigenvalue weighted by atomic mass is 32.2. The number of nitro groups is 1. The topological polar surface area (TPSA) is 55.2 Å². The first-order valence-electron chi connectivity index (χ1n) is 5.40. The van der Waals surface area contributed by atoms with Crippen molar-refractivity contribution in [3.63, 3.8) is 0 Å². The molecule has 0 aliphatic heterocycles. The van der Waals surface area contributed by atoms with Gasteiger partial charge in [-0.15, -0.1) is 0 Å². The van der Waals surface area contributed by atoms with Gasteiger partial charge >= 0.3 is 0 Å². The van der Waals surface area contributed by atoms with E-state index in [2.05, 4.69) is 5.32 Å². The maximum Gasteiger partial charge on any atom is 0.275 e. The Morgan fingerprint density at radius 3 is 2.39 bits per heavy atom. The second-order valence-corrected chi connectivity index (χ2v) is 5.56. The van der Waals surface area contributed by atoms with Gasteiger partial charge in [-0.1, -0.05) is 0 Å². The Kier molecular flexibility index (Phi) is 3.43. The van der Waals surface area contributed by atoms with Crippen LogP contribution in [0.15, 0.2) is 12.1 Å². The molecule has 2 rings (SSSR count). The van der Waals surface area contributed by atoms with Gasteiger partial charge in [0.05, 0.1) is 17.1 Å². The Morgan fingerprint density at radius 2 is 2.00 bits per heavy atom. The molecule has 0 atom stereocenters. The van der Waals surface area contributed by atoms with Crippen molar-refractivity contribution in [2.45, 2.75) is 17.6 Å². The lowest BCUT2D eigenvalue weighted by molar-refractivity contribution is -0.385. The molecule has 7 heteroatoms. The fraction of sp³-hybridized carbons (Fsp3) is 0.455. The highest BCUT2D eigenvalue weighted by molar-refractivity contribution is 8.00. The van der Waals surface area contributed by atoms with E-state index < -0.39 is 22.2 Å². The van der Waals surface area contributed by atoms with Crippen LogP contribution in [0.2, 0.25) is 0 Å². The van der Waals surface area contributed by atoms with Gasteiger partial charge < -0.3 is 5.32 Å². The molecule has 0 saturated heterocycles. The van der Waals surface area contributed by atoms with Crippen molar-refractivity contribution >= 4 is 23.1 Å². The third-order valence-corrected chi connectivity index (χ3v) is 4.48. The van der Waals surface area contributed by atoms with Crippen LogP contribution in [0.4, 0.5) is 20.2 Å². The Balaban J connectivity index is 2.15. The molecule has 0 bridgehead atoms. The van der Waals surface area contributed by atoms with Crippen LogP contribution in [0.3, 0.4) is 0 Å². The number of benzene rings is 1. The van der Waals surface area contributed by atoms with E-state index in [4.69, 9.17) is 0 Å². The van der Waals surface area contributed by atoms with E-state index in [-0.39, 0.29) is 10.4 Å². The molecule has 1 fully saturated rings. The molecule has 1 saturated carbocycles. The van der Waals surface area contributed by atoms with E-state index in [0.717, 1.165) is 25.0 Å². The minimum Gasteiger partial charge on any atom is -0.379 e. The maximum absolute atomic E-state index is 13.6. The van der Waals surface area contributed by atoms with Gasteiger partial charge in [-0.05, 0) is 19.1 Å². The number of rotatable bonds is 5. The summed E-state index contributed by atoms with van der Waals surface area (Å²) in [6.45, 7) is 0.458. The van der Waals surface area contributed by atoms with E-state index in [9.17, 15) is 18.9 Å². The van der Waals surface area contributed by atoms with E-state index in [0.29, 0.717) is 6.54 Å². The molecule has 0 spiro atoms. The van der Waals surface area contributed by atoms with Crippen molar-refractivity contribution in [3.8, 4) is 0 Å². The van der Waals surface area contributed by atoms with Crippen molar-refractivity contribution in [1.29, 1.82) is 0 Å². The largest absolute Gasteiger partial charge is 0.379 e. The summed E-state index contributed by atoms with van der Waals surface area (Å²) in [6, 6.07) is 1.45. The van der Waals surface area contributed by atoms with Crippen molar-refractivity contribution in [1.82, 2.24) is 0 Å². The second kappa shape index (κ2) is 4.72. The summed E-state index contributed by atoms with van der Waals surface area (Å²) in [5, 5.41) is 13.1. The van der Waals surface area contributed by atoms with Gasteiger partial charge in [0.2, 0.25) is 0 Å². The van der Waals surface area contributed by atoms with Crippen molar-refractivity contribution in [3.05, 3.63) is 33.9 Å². The first kappa shape index (κ1) is 13.1. The summed E-state index contributed by atoms with van der Waals surface area (Å²) >= 11 is 1.66. The zero-order chi connectivity index (χ0) is 13.3. The van der Waals surface area contributed by atoms with Gasteiger partial charge in [0.1, 0.15) is 5.69 Å². The molecule has 1 aromatic carbocycles. The average Bonchev–Trinajstić information content (AvgIpc) is 3.08. The zero-order valence-corrected chi connectivity index (χ0v) is 10.5. The van der Waals surface area contributed by atoms with E-state index >= 15 is 0 Å². The zero-order valence-electron chi connectivity index (χ0n) is 9.70. The van der Waals surface area contributed by atoms with Gasteiger partial charge in [0.15, 0.2) is 11.6 Å². The monoisotopic (exact) mass is 274 g/mol. The fourth-order valence-electron chi connectivity index (χ4n) is 1.68. The summed E-state index contributed by atoms with van der Waals surface area (Å²) in [5.41, 5.74) is -0.873. The summed E-state index contributed by atoms with van der Waals surface area (Å²) in [6.07, 6.45) is 3.98. The summed E-state index contributed by atoms with van der Waals surface area (Å²) in [4.78, 5) is 9.62. The van der Waals surface area contributed by atoms with E-state index in [1.807, 2.05) is 6.26 Å². The van der Waals surface area contributed by atoms with Gasteiger partial charge in [0.25, 0.3) is 5.69 Å². The number of non-ortho nitro benzene ring substituents is 1. The number of nitrogens with one attached hydrogen (secondary N) is 1. The minimum atomic E-state index is -0.932. The fourth-order valence-corrected chi connectivity index (χ4v) is 2.40. The first-order chi connectivity index (χ1) is 8.47. The predicted molar refractivity (Wildman–Crippen MR) is 67.0 cm³/mol. The maximum atomic E-state index is 13.6. The second-order valence-electron chi connectivity index (χ2n) is 4.28. The first-order valence-corrected chi connectivity index (χ1v) is 6.62. The third kappa shape index (κ3) is 2.55. The Morgan fingerprint density at radius 1 is 1.44 bits per heavy atom. The van der Waals surface area contributed by atoms with Crippen molar-refractivity contribution in [2.24, 2.45) is 0 Å². The number of anilines is 1. The number of hydrogen-bond donors (Lipinski definition) is 1. The molecule has 0 heterocycles. The van der Waals surface area contributed by atoms with Crippen LogP contribution in [0, 0.1) is 21.7 Å². The number of hydrogen-bond acceptors (Lipinski definition) is 4. The molecule has 0 aromatic heterocycles. The lowest BCUT2D eigenvalue weighted by Gasteiger charge is -2.15. The third-order valence-electron chi connectivity index (χ3n) is 3.07. The molecular weight excluding hydrogens is 262 g/mol. The van der Waals surface area contributed by atoms with Crippen LogP contribution in [0.5, 0.6) is 0 Å². The highest BCUT2D eigenvalue weighted by Gasteiger charge is 2.41. The number of nitrogens with zero attached hydrogens (tertiary/aromatic N) is 1. The van der Waals surface area contributed by atoms with Crippen LogP contribution in [0.1, 0.15) is 12.8 Å². The molecule has 1 aliphatic carbocycles. The minimum absolute atomic E-state index is 0.0562. The number of thioether (sulfide) groups is 1. The van der Waals surface area contributed by atoms with Crippen LogP contribution in [-0.2, 0) is 0 Å². The van der Waals surface area contributed by atoms with Crippen molar-refractivity contribution < 1.29 is 13.7 Å². The van der Waals surface area contributed by atoms with Gasteiger partial charge in [-0.3, -0.25) is 10.1 Å². The molecule has 18 heavy (non-hydrogen) atoms. The molecule has 1 aromatic rings. The van der Waals surface area contributed by atoms with Gasteiger partial charge in [0, 0.05) is 11.3 Å². The van der Waals surface area contributed by atoms with E-state index in [1.165, 1.54) is 0 Å². The summed E-state index contributed by atoms with van der Waals surface area (Å²) < 4.78 is 27.2. The molecule has 0 amide bonds. The number of halogens is 2. The van der Waals surface area contributed by atoms with E-state index in [1.54, 1.807) is 11.8 Å². The smallest absolute Gasteiger partial charge is 0.275 e. The molecule has 98 valence electrons. The lowest BCUT2D eigenvalue weighted by Crippen LogP contribution is -2.18.